The van der Waals surface area contributed by atoms with Crippen LogP contribution < -0.4 is 0 Å². The van der Waals surface area contributed by atoms with Crippen molar-refractivity contribution in [2.75, 3.05) is 13.2 Å². The van der Waals surface area contributed by atoms with Crippen LogP contribution in [-0.2, 0) is 0 Å². The highest BCUT2D eigenvalue weighted by Gasteiger charge is 2.28. The number of carbonyl (C=O) groups excluding carboxylic acids is 1. The minimum absolute atomic E-state index is 0.0330. The highest BCUT2D eigenvalue weighted by molar-refractivity contribution is 7.17. The summed E-state index contributed by atoms with van der Waals surface area (Å²) in [5.74, 6) is -0.171. The van der Waals surface area contributed by atoms with Crippen LogP contribution in [0.1, 0.15) is 35.5 Å². The fourth-order valence-electron chi connectivity index (χ4n) is 2.19. The molecule has 94 valence electrons. The molecule has 7 heteroatoms. The molecule has 1 aromatic heterocycles. The molecule has 1 aliphatic carbocycles. The predicted molar refractivity (Wildman–Crippen MR) is 65.3 cm³/mol. The molecule has 0 atom stereocenters. The lowest BCUT2D eigenvalue weighted by Crippen LogP contribution is -2.40. The summed E-state index contributed by atoms with van der Waals surface area (Å²) >= 11 is 6.75. The fraction of sp³-hybridized carbons (Fsp3) is 0.700. The Kier molecular flexibility index (Phi) is 4.31. The van der Waals surface area contributed by atoms with Crippen LogP contribution in [-0.4, -0.2) is 45.3 Å². The third-order valence-electron chi connectivity index (χ3n) is 2.95. The van der Waals surface area contributed by atoms with Gasteiger partial charge in [0, 0.05) is 12.6 Å². The SMILES string of the molecule is O=C(c1nnc(Cl)s1)N(CCO)C1CCCC1. The van der Waals surface area contributed by atoms with Gasteiger partial charge in [0.15, 0.2) is 0 Å². The number of aliphatic hydroxyl groups excluding tert-OH is 1. The number of rotatable bonds is 4. The van der Waals surface area contributed by atoms with E-state index in [1.807, 2.05) is 0 Å². The van der Waals surface area contributed by atoms with Gasteiger partial charge in [0.2, 0.25) is 9.47 Å². The Morgan fingerprint density at radius 1 is 1.47 bits per heavy atom. The van der Waals surface area contributed by atoms with Crippen molar-refractivity contribution in [1.82, 2.24) is 15.1 Å². The number of amides is 1. The normalized spacial score (nSPS) is 16.4. The average Bonchev–Trinajstić information content (AvgIpc) is 2.95. The average molecular weight is 276 g/mol. The Balaban J connectivity index is 2.12. The second-order valence-corrected chi connectivity index (χ2v) is 5.58. The minimum Gasteiger partial charge on any atom is -0.395 e. The van der Waals surface area contributed by atoms with Crippen LogP contribution in [0.3, 0.4) is 0 Å². The molecule has 1 aliphatic rings. The largest absolute Gasteiger partial charge is 0.395 e. The lowest BCUT2D eigenvalue weighted by molar-refractivity contribution is 0.0637. The van der Waals surface area contributed by atoms with E-state index in [9.17, 15) is 4.79 Å². The third kappa shape index (κ3) is 2.94. The van der Waals surface area contributed by atoms with Gasteiger partial charge in [-0.05, 0) is 24.4 Å². The van der Waals surface area contributed by atoms with E-state index < -0.39 is 0 Å². The monoisotopic (exact) mass is 275 g/mol. The quantitative estimate of drug-likeness (QED) is 0.906. The van der Waals surface area contributed by atoms with E-state index in [1.165, 1.54) is 0 Å². The number of hydrogen-bond donors (Lipinski definition) is 1. The highest BCUT2D eigenvalue weighted by Crippen LogP contribution is 2.26. The molecule has 2 rings (SSSR count). The molecular formula is C10H14ClN3O2S. The van der Waals surface area contributed by atoms with Gasteiger partial charge < -0.3 is 10.0 Å². The van der Waals surface area contributed by atoms with Crippen molar-refractivity contribution in [2.45, 2.75) is 31.7 Å². The summed E-state index contributed by atoms with van der Waals surface area (Å²) in [6.45, 7) is 0.315. The molecule has 1 amide bonds. The first-order valence-corrected chi connectivity index (χ1v) is 6.82. The summed E-state index contributed by atoms with van der Waals surface area (Å²) in [4.78, 5) is 13.9. The third-order valence-corrected chi connectivity index (χ3v) is 3.96. The molecule has 0 bridgehead atoms. The summed E-state index contributed by atoms with van der Waals surface area (Å²) in [6, 6.07) is 0.220. The van der Waals surface area contributed by atoms with Crippen LogP contribution in [0.5, 0.6) is 0 Å². The van der Waals surface area contributed by atoms with Gasteiger partial charge in [0.1, 0.15) is 0 Å². The second kappa shape index (κ2) is 5.75. The molecule has 1 heterocycles. The molecule has 1 N–H and O–H groups in total. The summed E-state index contributed by atoms with van der Waals surface area (Å²) < 4.78 is 0.267. The minimum atomic E-state index is -0.171. The summed E-state index contributed by atoms with van der Waals surface area (Å²) in [5, 5.41) is 16.7. The van der Waals surface area contributed by atoms with Crippen LogP contribution in [0, 0.1) is 0 Å². The van der Waals surface area contributed by atoms with Crippen molar-refractivity contribution in [1.29, 1.82) is 0 Å². The first-order chi connectivity index (χ1) is 8.22. The van der Waals surface area contributed by atoms with E-state index in [2.05, 4.69) is 10.2 Å². The lowest BCUT2D eigenvalue weighted by Gasteiger charge is -2.27. The van der Waals surface area contributed by atoms with E-state index in [4.69, 9.17) is 16.7 Å². The van der Waals surface area contributed by atoms with Gasteiger partial charge in [-0.1, -0.05) is 24.2 Å². The smallest absolute Gasteiger partial charge is 0.285 e. The Morgan fingerprint density at radius 3 is 2.71 bits per heavy atom. The van der Waals surface area contributed by atoms with Gasteiger partial charge in [-0.3, -0.25) is 4.79 Å². The molecule has 17 heavy (non-hydrogen) atoms. The summed E-state index contributed by atoms with van der Waals surface area (Å²) in [5.41, 5.74) is 0. The van der Waals surface area contributed by atoms with Crippen molar-refractivity contribution >= 4 is 28.8 Å². The first kappa shape index (κ1) is 12.7. The maximum atomic E-state index is 12.2. The van der Waals surface area contributed by atoms with Crippen LogP contribution in [0.2, 0.25) is 4.47 Å². The zero-order chi connectivity index (χ0) is 12.3. The van der Waals surface area contributed by atoms with Crippen LogP contribution in [0.15, 0.2) is 0 Å². The van der Waals surface area contributed by atoms with Crippen LogP contribution in [0.25, 0.3) is 0 Å². The van der Waals surface area contributed by atoms with E-state index in [-0.39, 0.29) is 23.0 Å². The maximum absolute atomic E-state index is 12.2. The topological polar surface area (TPSA) is 66.3 Å². The van der Waals surface area contributed by atoms with Crippen molar-refractivity contribution < 1.29 is 9.90 Å². The van der Waals surface area contributed by atoms with Gasteiger partial charge in [-0.15, -0.1) is 10.2 Å². The number of nitrogens with zero attached hydrogens (tertiary/aromatic N) is 3. The first-order valence-electron chi connectivity index (χ1n) is 5.63. The molecule has 0 radical (unpaired) electrons. The molecule has 0 aromatic carbocycles. The van der Waals surface area contributed by atoms with Crippen molar-refractivity contribution in [2.24, 2.45) is 0 Å². The summed E-state index contributed by atoms with van der Waals surface area (Å²) in [6.07, 6.45) is 4.27. The van der Waals surface area contributed by atoms with Gasteiger partial charge in [-0.2, -0.15) is 0 Å². The molecule has 1 fully saturated rings. The zero-order valence-corrected chi connectivity index (χ0v) is 10.9. The van der Waals surface area contributed by atoms with Crippen molar-refractivity contribution in [3.63, 3.8) is 0 Å². The van der Waals surface area contributed by atoms with Gasteiger partial charge >= 0.3 is 0 Å². The van der Waals surface area contributed by atoms with Crippen LogP contribution in [0.4, 0.5) is 0 Å². The molecule has 5 nitrogen and oxygen atoms in total. The lowest BCUT2D eigenvalue weighted by atomic mass is 10.2. The molecule has 0 spiro atoms. The molecule has 0 aliphatic heterocycles. The summed E-state index contributed by atoms with van der Waals surface area (Å²) in [7, 11) is 0. The molecule has 1 saturated carbocycles. The Labute approximate surface area is 108 Å². The van der Waals surface area contributed by atoms with E-state index in [1.54, 1.807) is 4.90 Å². The predicted octanol–water partition coefficient (Wildman–Crippen LogP) is 1.57. The molecule has 0 saturated heterocycles. The number of aliphatic hydroxyl groups is 1. The zero-order valence-electron chi connectivity index (χ0n) is 9.30. The second-order valence-electron chi connectivity index (χ2n) is 4.02. The van der Waals surface area contributed by atoms with Gasteiger partial charge in [0.25, 0.3) is 5.91 Å². The van der Waals surface area contributed by atoms with E-state index >= 15 is 0 Å². The Morgan fingerprint density at radius 2 is 2.18 bits per heavy atom. The molecule has 1 aromatic rings. The fourth-order valence-corrected chi connectivity index (χ4v) is 2.97. The number of aromatic nitrogens is 2. The van der Waals surface area contributed by atoms with Crippen LogP contribution >= 0.6 is 22.9 Å². The molecular weight excluding hydrogens is 262 g/mol. The maximum Gasteiger partial charge on any atom is 0.285 e. The number of carbonyl (C=O) groups is 1. The van der Waals surface area contributed by atoms with Gasteiger partial charge in [0.05, 0.1) is 6.61 Å². The van der Waals surface area contributed by atoms with E-state index in [0.717, 1.165) is 37.0 Å². The molecule has 0 unspecified atom stereocenters. The Bertz CT molecular complexity index is 393. The number of halogens is 1. The van der Waals surface area contributed by atoms with E-state index in [0.29, 0.717) is 11.6 Å². The highest BCUT2D eigenvalue weighted by atomic mass is 35.5. The standard InChI is InChI=1S/C10H14ClN3O2S/c11-10-13-12-8(17-10)9(16)14(5-6-15)7-3-1-2-4-7/h7,15H,1-6H2. The van der Waals surface area contributed by atoms with Crippen molar-refractivity contribution in [3.8, 4) is 0 Å². The Hall–Kier alpha value is -0.720. The number of hydrogen-bond acceptors (Lipinski definition) is 5. The van der Waals surface area contributed by atoms with Crippen molar-refractivity contribution in [3.05, 3.63) is 9.47 Å². The van der Waals surface area contributed by atoms with Gasteiger partial charge in [-0.25, -0.2) is 0 Å².